The molecule has 0 atom stereocenters. The average Bonchev–Trinajstić information content (AvgIpc) is 2.98. The number of carboxylic acids is 1. The maximum absolute atomic E-state index is 13.1. The van der Waals surface area contributed by atoms with Crippen molar-refractivity contribution in [1.82, 2.24) is 19.1 Å². The summed E-state index contributed by atoms with van der Waals surface area (Å²) in [7, 11) is 0. The molecule has 132 valence electrons. The molecule has 0 aromatic carbocycles. The summed E-state index contributed by atoms with van der Waals surface area (Å²) >= 11 is 7.77. The topological polar surface area (TPSA) is 90.0 Å². The normalized spacial score (nSPS) is 11.6. The highest BCUT2D eigenvalue weighted by atomic mass is 35.5. The molecule has 1 N–H and O–H groups in total. The molecule has 0 unspecified atom stereocenters. The van der Waals surface area contributed by atoms with E-state index in [0.29, 0.717) is 11.5 Å². The summed E-state index contributed by atoms with van der Waals surface area (Å²) in [5.41, 5.74) is 1.83. The Labute approximate surface area is 152 Å². The van der Waals surface area contributed by atoms with Crippen molar-refractivity contribution >= 4 is 40.1 Å². The zero-order chi connectivity index (χ0) is 18.5. The minimum absolute atomic E-state index is 0.0681. The van der Waals surface area contributed by atoms with Gasteiger partial charge in [0.15, 0.2) is 10.8 Å². The molecule has 0 aliphatic carbocycles. The molecule has 0 amide bonds. The number of imidazole rings is 1. The van der Waals surface area contributed by atoms with Crippen LogP contribution in [0.1, 0.15) is 36.0 Å². The van der Waals surface area contributed by atoms with Crippen LogP contribution < -0.4 is 5.69 Å². The standard InChI is InChI=1S/C16H17ClN4O3S/c1-7(2)10-6-25-8(3)12(10)21-15-13(14(17)18-9(4)19-15)20(16(21)24)5-11(22)23/h6-7H,5H2,1-4H3,(H,22,23). The number of aromatic nitrogens is 4. The number of hydrogen-bond donors (Lipinski definition) is 1. The molecular weight excluding hydrogens is 364 g/mol. The number of nitrogens with zero attached hydrogens (tertiary/aromatic N) is 4. The fourth-order valence-corrected chi connectivity index (χ4v) is 4.18. The number of fused-ring (bicyclic) bond motifs is 1. The third-order valence-electron chi connectivity index (χ3n) is 3.95. The Morgan fingerprint density at radius 2 is 2.04 bits per heavy atom. The van der Waals surface area contributed by atoms with Crippen LogP contribution in [0.4, 0.5) is 0 Å². The van der Waals surface area contributed by atoms with E-state index in [9.17, 15) is 14.7 Å². The molecule has 7 nitrogen and oxygen atoms in total. The van der Waals surface area contributed by atoms with Gasteiger partial charge in [-0.25, -0.2) is 19.3 Å². The molecular formula is C16H17ClN4O3S. The monoisotopic (exact) mass is 380 g/mol. The van der Waals surface area contributed by atoms with Crippen LogP contribution in [0.3, 0.4) is 0 Å². The predicted molar refractivity (Wildman–Crippen MR) is 97.2 cm³/mol. The minimum Gasteiger partial charge on any atom is -0.480 e. The van der Waals surface area contributed by atoms with Crippen molar-refractivity contribution in [3.63, 3.8) is 0 Å². The first-order valence-corrected chi connectivity index (χ1v) is 8.93. The highest BCUT2D eigenvalue weighted by molar-refractivity contribution is 7.10. The van der Waals surface area contributed by atoms with E-state index in [1.54, 1.807) is 18.3 Å². The Morgan fingerprint density at radius 1 is 1.36 bits per heavy atom. The highest BCUT2D eigenvalue weighted by Gasteiger charge is 2.25. The SMILES string of the molecule is Cc1nc(Cl)c2c(n1)n(-c1c(C(C)C)csc1C)c(=O)n2CC(=O)O. The fraction of sp³-hybridized carbons (Fsp3) is 0.375. The van der Waals surface area contributed by atoms with E-state index in [4.69, 9.17) is 11.6 Å². The van der Waals surface area contributed by atoms with Crippen molar-refractivity contribution < 1.29 is 9.90 Å². The second kappa shape index (κ2) is 6.27. The van der Waals surface area contributed by atoms with Gasteiger partial charge in [0, 0.05) is 4.88 Å². The van der Waals surface area contributed by atoms with E-state index in [0.717, 1.165) is 20.7 Å². The molecule has 0 fully saturated rings. The lowest BCUT2D eigenvalue weighted by Gasteiger charge is -2.09. The molecule has 0 aliphatic heterocycles. The van der Waals surface area contributed by atoms with E-state index in [1.807, 2.05) is 26.2 Å². The zero-order valence-corrected chi connectivity index (χ0v) is 15.8. The molecule has 9 heteroatoms. The van der Waals surface area contributed by atoms with Crippen molar-refractivity contribution in [2.75, 3.05) is 0 Å². The third-order valence-corrected chi connectivity index (χ3v) is 5.13. The summed E-state index contributed by atoms with van der Waals surface area (Å²) in [5, 5.41) is 11.3. The molecule has 0 saturated carbocycles. The van der Waals surface area contributed by atoms with Crippen LogP contribution in [0.25, 0.3) is 16.9 Å². The van der Waals surface area contributed by atoms with Gasteiger partial charge in [-0.05, 0) is 30.7 Å². The summed E-state index contributed by atoms with van der Waals surface area (Å²) < 4.78 is 2.57. The van der Waals surface area contributed by atoms with E-state index in [2.05, 4.69) is 9.97 Å². The van der Waals surface area contributed by atoms with Crippen molar-refractivity contribution in [2.45, 2.75) is 40.2 Å². The Kier molecular flexibility index (Phi) is 4.42. The molecule has 3 aromatic heterocycles. The van der Waals surface area contributed by atoms with Gasteiger partial charge in [-0.3, -0.25) is 9.36 Å². The molecule has 0 radical (unpaired) electrons. The Morgan fingerprint density at radius 3 is 2.64 bits per heavy atom. The van der Waals surface area contributed by atoms with Crippen molar-refractivity contribution in [2.24, 2.45) is 0 Å². The lowest BCUT2D eigenvalue weighted by Crippen LogP contribution is -2.26. The molecule has 0 bridgehead atoms. The van der Waals surface area contributed by atoms with Gasteiger partial charge in [0.05, 0.1) is 5.69 Å². The number of rotatable bonds is 4. The highest BCUT2D eigenvalue weighted by Crippen LogP contribution is 2.33. The van der Waals surface area contributed by atoms with Gasteiger partial charge in [-0.15, -0.1) is 11.3 Å². The quantitative estimate of drug-likeness (QED) is 0.702. The molecule has 3 rings (SSSR count). The molecule has 0 spiro atoms. The number of hydrogen-bond acceptors (Lipinski definition) is 5. The maximum Gasteiger partial charge on any atom is 0.335 e. The van der Waals surface area contributed by atoms with E-state index in [1.165, 1.54) is 4.57 Å². The third kappa shape index (κ3) is 2.85. The van der Waals surface area contributed by atoms with Gasteiger partial charge in [0.1, 0.15) is 17.9 Å². The molecule has 0 saturated heterocycles. The first-order valence-electron chi connectivity index (χ1n) is 7.67. The van der Waals surface area contributed by atoms with Crippen LogP contribution in [0, 0.1) is 13.8 Å². The Hall–Kier alpha value is -2.19. The smallest absolute Gasteiger partial charge is 0.335 e. The Balaban J connectivity index is 2.49. The minimum atomic E-state index is -1.14. The summed E-state index contributed by atoms with van der Waals surface area (Å²) in [6, 6.07) is 0. The number of carboxylic acid groups (broad SMARTS) is 1. The van der Waals surface area contributed by atoms with Gasteiger partial charge in [-0.2, -0.15) is 0 Å². The number of aryl methyl sites for hydroxylation is 2. The number of halogens is 1. The lowest BCUT2D eigenvalue weighted by molar-refractivity contribution is -0.137. The summed E-state index contributed by atoms with van der Waals surface area (Å²) in [4.78, 5) is 33.7. The second-order valence-corrected chi connectivity index (χ2v) is 7.52. The van der Waals surface area contributed by atoms with Crippen LogP contribution in [0.15, 0.2) is 10.2 Å². The average molecular weight is 381 g/mol. The largest absolute Gasteiger partial charge is 0.480 e. The summed E-state index contributed by atoms with van der Waals surface area (Å²) in [5.74, 6) is -0.523. The van der Waals surface area contributed by atoms with Gasteiger partial charge in [-0.1, -0.05) is 25.4 Å². The fourth-order valence-electron chi connectivity index (χ4n) is 2.86. The van der Waals surface area contributed by atoms with Crippen molar-refractivity contribution in [3.8, 4) is 5.69 Å². The number of aliphatic carboxylic acids is 1. The van der Waals surface area contributed by atoms with E-state index < -0.39 is 18.2 Å². The number of carbonyl (C=O) groups is 1. The van der Waals surface area contributed by atoms with Crippen LogP contribution in [0.2, 0.25) is 5.15 Å². The van der Waals surface area contributed by atoms with Crippen LogP contribution in [0.5, 0.6) is 0 Å². The first-order chi connectivity index (χ1) is 11.7. The van der Waals surface area contributed by atoms with Crippen LogP contribution in [-0.2, 0) is 11.3 Å². The predicted octanol–water partition coefficient (Wildman–Crippen LogP) is 3.12. The molecule has 3 aromatic rings. The summed E-state index contributed by atoms with van der Waals surface area (Å²) in [6.45, 7) is 7.18. The van der Waals surface area contributed by atoms with Gasteiger partial charge in [0.2, 0.25) is 0 Å². The van der Waals surface area contributed by atoms with Gasteiger partial charge < -0.3 is 5.11 Å². The van der Waals surface area contributed by atoms with Gasteiger partial charge >= 0.3 is 11.7 Å². The van der Waals surface area contributed by atoms with Crippen LogP contribution in [-0.4, -0.2) is 30.2 Å². The summed E-state index contributed by atoms with van der Waals surface area (Å²) in [6.07, 6.45) is 0. The van der Waals surface area contributed by atoms with Crippen molar-refractivity contribution in [1.29, 1.82) is 0 Å². The maximum atomic E-state index is 13.1. The molecule has 3 heterocycles. The van der Waals surface area contributed by atoms with Crippen LogP contribution >= 0.6 is 22.9 Å². The molecule has 25 heavy (non-hydrogen) atoms. The first kappa shape index (κ1) is 17.6. The molecule has 0 aliphatic rings. The second-order valence-electron chi connectivity index (χ2n) is 6.08. The van der Waals surface area contributed by atoms with Crippen molar-refractivity contribution in [3.05, 3.63) is 37.3 Å². The van der Waals surface area contributed by atoms with E-state index >= 15 is 0 Å². The Bertz CT molecular complexity index is 1050. The number of thiophene rings is 1. The van der Waals surface area contributed by atoms with Gasteiger partial charge in [0.25, 0.3) is 0 Å². The zero-order valence-electron chi connectivity index (χ0n) is 14.2. The lowest BCUT2D eigenvalue weighted by atomic mass is 10.0. The van der Waals surface area contributed by atoms with E-state index in [-0.39, 0.29) is 16.6 Å².